The predicted molar refractivity (Wildman–Crippen MR) is 161 cm³/mol. The van der Waals surface area contributed by atoms with Crippen LogP contribution in [0.3, 0.4) is 0 Å². The van der Waals surface area contributed by atoms with Gasteiger partial charge in [0.1, 0.15) is 12.6 Å². The summed E-state index contributed by atoms with van der Waals surface area (Å²) in [7, 11) is 1.56. The van der Waals surface area contributed by atoms with Crippen molar-refractivity contribution >= 4 is 52.3 Å². The molecule has 0 radical (unpaired) electrons. The van der Waals surface area contributed by atoms with E-state index in [-0.39, 0.29) is 17.7 Å². The van der Waals surface area contributed by atoms with E-state index in [1.807, 2.05) is 36.4 Å². The van der Waals surface area contributed by atoms with Crippen LogP contribution in [0, 0.1) is 0 Å². The largest absolute Gasteiger partial charge is 0.493 e. The summed E-state index contributed by atoms with van der Waals surface area (Å²) in [6.45, 7) is 4.00. The molecule has 2 heterocycles. The van der Waals surface area contributed by atoms with Gasteiger partial charge in [-0.15, -0.1) is 0 Å². The Morgan fingerprint density at radius 3 is 2.56 bits per heavy atom. The number of ether oxygens (including phenoxy) is 3. The zero-order chi connectivity index (χ0) is 29.1. The van der Waals surface area contributed by atoms with Crippen LogP contribution < -0.4 is 24.4 Å². The molecule has 0 saturated heterocycles. The molecule has 10 heteroatoms. The normalized spacial score (nSPS) is 14.9. The number of hydrogen-bond acceptors (Lipinski definition) is 7. The van der Waals surface area contributed by atoms with E-state index in [2.05, 4.69) is 0 Å². The van der Waals surface area contributed by atoms with Crippen LogP contribution in [0.1, 0.15) is 36.6 Å². The number of nitrogens with zero attached hydrogens (tertiary/aromatic N) is 2. The third-order valence-electron chi connectivity index (χ3n) is 6.53. The third kappa shape index (κ3) is 5.95. The maximum absolute atomic E-state index is 13.5. The number of esters is 1. The summed E-state index contributed by atoms with van der Waals surface area (Å²) in [5.41, 5.74) is 2.77. The molecule has 5 rings (SSSR count). The van der Waals surface area contributed by atoms with Gasteiger partial charge < -0.3 is 14.2 Å². The Morgan fingerprint density at radius 2 is 1.85 bits per heavy atom. The second kappa shape index (κ2) is 12.3. The lowest BCUT2D eigenvalue weighted by atomic mass is 9.96. The topological polar surface area (TPSA) is 79.1 Å². The third-order valence-corrected chi connectivity index (χ3v) is 8.07. The molecule has 41 heavy (non-hydrogen) atoms. The quantitative estimate of drug-likeness (QED) is 0.236. The lowest BCUT2D eigenvalue weighted by Crippen LogP contribution is -2.35. The molecule has 1 atom stereocenters. The van der Waals surface area contributed by atoms with E-state index in [1.165, 1.54) is 15.9 Å². The van der Waals surface area contributed by atoms with E-state index >= 15 is 0 Å². The van der Waals surface area contributed by atoms with Crippen LogP contribution in [0.15, 0.2) is 82.1 Å². The predicted octanol–water partition coefficient (Wildman–Crippen LogP) is 5.80. The summed E-state index contributed by atoms with van der Waals surface area (Å²) < 4.78 is 18.9. The van der Waals surface area contributed by atoms with Crippen molar-refractivity contribution in [2.75, 3.05) is 13.7 Å². The van der Waals surface area contributed by atoms with Crippen LogP contribution >= 0.6 is 34.5 Å². The van der Waals surface area contributed by atoms with E-state index < -0.39 is 12.0 Å². The summed E-state index contributed by atoms with van der Waals surface area (Å²) in [4.78, 5) is 32.0. The van der Waals surface area contributed by atoms with Crippen molar-refractivity contribution in [1.82, 2.24) is 4.57 Å². The first kappa shape index (κ1) is 28.7. The highest BCUT2D eigenvalue weighted by Crippen LogP contribution is 2.37. The molecule has 0 bridgehead atoms. The zero-order valence-electron chi connectivity index (χ0n) is 22.5. The highest BCUT2D eigenvalue weighted by molar-refractivity contribution is 7.07. The molecule has 1 aliphatic heterocycles. The van der Waals surface area contributed by atoms with Gasteiger partial charge in [0.15, 0.2) is 16.3 Å². The highest BCUT2D eigenvalue weighted by Gasteiger charge is 2.32. The van der Waals surface area contributed by atoms with E-state index in [1.54, 1.807) is 57.4 Å². The molecule has 1 aliphatic rings. The first-order chi connectivity index (χ1) is 19.8. The summed E-state index contributed by atoms with van der Waals surface area (Å²) in [6, 6.07) is 19.6. The number of allylic oxidation sites excluding steroid dienone is 1. The van der Waals surface area contributed by atoms with Gasteiger partial charge in [0.2, 0.25) is 0 Å². The Bertz CT molecular complexity index is 1830. The lowest BCUT2D eigenvalue weighted by molar-refractivity contribution is -0.138. The minimum Gasteiger partial charge on any atom is -0.493 e. The molecular formula is C31H26Cl2N2O5S. The summed E-state index contributed by atoms with van der Waals surface area (Å²) in [5.74, 6) is 0.506. The van der Waals surface area contributed by atoms with Crippen molar-refractivity contribution in [3.8, 4) is 11.5 Å². The first-order valence-corrected chi connectivity index (χ1v) is 14.4. The second-order valence-electron chi connectivity index (χ2n) is 9.14. The van der Waals surface area contributed by atoms with Crippen molar-refractivity contribution in [3.63, 3.8) is 0 Å². The summed E-state index contributed by atoms with van der Waals surface area (Å²) in [5, 5.41) is 0.918. The van der Waals surface area contributed by atoms with Crippen molar-refractivity contribution < 1.29 is 19.0 Å². The number of hydrogen-bond donors (Lipinski definition) is 0. The molecule has 0 amide bonds. The number of aromatic nitrogens is 1. The number of carbonyl (C=O) groups is 1. The van der Waals surface area contributed by atoms with Gasteiger partial charge in [-0.1, -0.05) is 77.0 Å². The fourth-order valence-corrected chi connectivity index (χ4v) is 6.02. The first-order valence-electron chi connectivity index (χ1n) is 12.8. The van der Waals surface area contributed by atoms with E-state index in [4.69, 9.17) is 42.4 Å². The number of halogens is 2. The van der Waals surface area contributed by atoms with Gasteiger partial charge in [0.25, 0.3) is 5.56 Å². The highest BCUT2D eigenvalue weighted by atomic mass is 35.5. The number of benzene rings is 3. The number of rotatable bonds is 8. The van der Waals surface area contributed by atoms with Crippen LogP contribution in [-0.2, 0) is 16.1 Å². The van der Waals surface area contributed by atoms with Gasteiger partial charge >= 0.3 is 5.97 Å². The maximum atomic E-state index is 13.5. The van der Waals surface area contributed by atoms with Crippen LogP contribution in [0.25, 0.3) is 11.8 Å². The number of fused-ring (bicyclic) bond motifs is 1. The molecule has 0 fully saturated rings. The van der Waals surface area contributed by atoms with Crippen LogP contribution in [-0.4, -0.2) is 24.3 Å². The SMILES string of the molecule is CCOC(=O)C1=C(C)n2c(s/c(=C\c3ccc(Cl)cc3Cl)c2=O)=N[C@H]1c1ccc(OCc2ccccc2)c(OC)c1. The van der Waals surface area contributed by atoms with Crippen molar-refractivity contribution in [2.24, 2.45) is 4.99 Å². The van der Waals surface area contributed by atoms with Gasteiger partial charge in [-0.05, 0) is 60.9 Å². The lowest BCUT2D eigenvalue weighted by Gasteiger charge is -2.23. The van der Waals surface area contributed by atoms with Crippen molar-refractivity contribution in [1.29, 1.82) is 0 Å². The smallest absolute Gasteiger partial charge is 0.338 e. The van der Waals surface area contributed by atoms with Gasteiger partial charge in [-0.3, -0.25) is 9.36 Å². The maximum Gasteiger partial charge on any atom is 0.338 e. The van der Waals surface area contributed by atoms with Crippen LogP contribution in [0.2, 0.25) is 10.0 Å². The molecule has 3 aromatic carbocycles. The minimum atomic E-state index is -0.726. The van der Waals surface area contributed by atoms with Gasteiger partial charge in [-0.2, -0.15) is 0 Å². The molecular weight excluding hydrogens is 583 g/mol. The van der Waals surface area contributed by atoms with Crippen molar-refractivity contribution in [2.45, 2.75) is 26.5 Å². The number of methoxy groups -OCH3 is 1. The summed E-state index contributed by atoms with van der Waals surface area (Å²) in [6.07, 6.45) is 1.70. The van der Waals surface area contributed by atoms with Crippen molar-refractivity contribution in [3.05, 3.63) is 119 Å². The van der Waals surface area contributed by atoms with Crippen LogP contribution in [0.5, 0.6) is 11.5 Å². The van der Waals surface area contributed by atoms with E-state index in [0.29, 0.717) is 54.3 Å². The average molecular weight is 610 g/mol. The molecule has 4 aromatic rings. The Kier molecular flexibility index (Phi) is 8.63. The number of thiazole rings is 1. The Labute approximate surface area is 250 Å². The molecule has 1 aromatic heterocycles. The fraction of sp³-hybridized carbons (Fsp3) is 0.194. The molecule has 210 valence electrons. The van der Waals surface area contributed by atoms with Gasteiger partial charge in [0, 0.05) is 15.7 Å². The Morgan fingerprint density at radius 1 is 1.07 bits per heavy atom. The average Bonchev–Trinajstić information content (AvgIpc) is 3.28. The summed E-state index contributed by atoms with van der Waals surface area (Å²) >= 11 is 13.6. The Balaban J connectivity index is 1.60. The van der Waals surface area contributed by atoms with Gasteiger partial charge in [0.05, 0.1) is 23.8 Å². The minimum absolute atomic E-state index is 0.178. The zero-order valence-corrected chi connectivity index (χ0v) is 24.8. The molecule has 0 unspecified atom stereocenters. The van der Waals surface area contributed by atoms with Crippen LogP contribution in [0.4, 0.5) is 0 Å². The standard InChI is InChI=1S/C31H26Cl2N2O5S/c1-4-39-30(37)27-18(2)35-29(36)26(15-20-10-12-22(32)16-23(20)33)41-31(35)34-28(27)21-11-13-24(25(14-21)38-3)40-17-19-8-6-5-7-9-19/h5-16,28H,4,17H2,1-3H3/b26-15-/t28-/m0/s1. The number of carbonyl (C=O) groups excluding carboxylic acids is 1. The van der Waals surface area contributed by atoms with E-state index in [9.17, 15) is 9.59 Å². The molecule has 7 nitrogen and oxygen atoms in total. The van der Waals surface area contributed by atoms with Gasteiger partial charge in [-0.25, -0.2) is 9.79 Å². The Hall–Kier alpha value is -3.85. The fourth-order valence-electron chi connectivity index (χ4n) is 4.53. The molecule has 0 aliphatic carbocycles. The molecule has 0 N–H and O–H groups in total. The monoisotopic (exact) mass is 608 g/mol. The molecule has 0 spiro atoms. The second-order valence-corrected chi connectivity index (χ2v) is 11.0. The van der Waals surface area contributed by atoms with E-state index in [0.717, 1.165) is 5.56 Å². The molecule has 0 saturated carbocycles.